The zero-order chi connectivity index (χ0) is 99.0. The molecular weight excluding hydrogens is 1780 g/mol. The van der Waals surface area contributed by atoms with Crippen molar-refractivity contribution in [2.24, 2.45) is 0 Å². The van der Waals surface area contributed by atoms with Gasteiger partial charge in [0, 0.05) is 154 Å². The average Bonchev–Trinajstić information content (AvgIpc) is 1.61. The molecule has 0 spiro atoms. The molecule has 0 saturated heterocycles. The molecule has 670 valence electrons. The fraction of sp³-hybridized carbons (Fsp3) is 0. The first-order valence-electron chi connectivity index (χ1n) is 45.9. The number of hydrogen-bond acceptors (Lipinski definition) is 15. The predicted molar refractivity (Wildman–Crippen MR) is 567 cm³/mol. The van der Waals surface area contributed by atoms with Crippen molar-refractivity contribution >= 4 is 109 Å². The molecule has 10 heterocycles. The van der Waals surface area contributed by atoms with Crippen LogP contribution in [0.1, 0.15) is 55.9 Å². The van der Waals surface area contributed by atoms with E-state index in [1.54, 1.807) is 67.8 Å². The summed E-state index contributed by atoms with van der Waals surface area (Å²) in [6.07, 6.45) is 13.4. The number of rotatable bonds is 10. The molecule has 20 nitrogen and oxygen atoms in total. The summed E-state index contributed by atoms with van der Waals surface area (Å²) in [6.45, 7) is 0. The van der Waals surface area contributed by atoms with Crippen LogP contribution in [0.4, 0.5) is 0 Å². The Hall–Kier alpha value is -22.0. The SMILES string of the molecule is N#Cc1ccc2c(c1)c1ccccc1n2-c1cccc(-c2ccc(C#N)nc2)c1.N#Cc1ccc2c(c1)c1ccccc1n2-c1cccc(-c2ccnc(C#N)c2)c1.N#Cc1ccc2c(c1)c1ccccc1n2-c1cccc(-c2ccncc2C#N)c1.N#Cc1ccc2c(c1)c1ccccc1n2-c1cccc(-c2cnccc2C#N)c1.N#Cc1cncc(-c2cccc(-n3c4ccccc4c4cc(C#N)ccc43)c2)c1. The van der Waals surface area contributed by atoms with E-state index in [2.05, 4.69) is 230 Å². The van der Waals surface area contributed by atoms with Crippen LogP contribution in [0.3, 0.4) is 0 Å². The zero-order valence-corrected chi connectivity index (χ0v) is 76.9. The van der Waals surface area contributed by atoms with E-state index in [-0.39, 0.29) is 0 Å². The molecule has 20 heteroatoms. The highest BCUT2D eigenvalue weighted by Gasteiger charge is 2.22. The van der Waals surface area contributed by atoms with Gasteiger partial charge in [-0.1, -0.05) is 152 Å². The molecule has 0 N–H and O–H groups in total. The van der Waals surface area contributed by atoms with Crippen molar-refractivity contribution < 1.29 is 0 Å². The Morgan fingerprint density at radius 3 is 0.862 bits per heavy atom. The number of nitriles is 10. The summed E-state index contributed by atoms with van der Waals surface area (Å²) in [4.78, 5) is 20.7. The minimum atomic E-state index is 0.397. The third-order valence-corrected chi connectivity index (χ3v) is 25.7. The van der Waals surface area contributed by atoms with Gasteiger partial charge in [0.2, 0.25) is 0 Å². The van der Waals surface area contributed by atoms with E-state index >= 15 is 0 Å². The topological polar surface area (TPSA) is 327 Å². The van der Waals surface area contributed by atoms with Crippen molar-refractivity contribution in [2.45, 2.75) is 0 Å². The van der Waals surface area contributed by atoms with Gasteiger partial charge in [-0.3, -0.25) is 15.0 Å². The molecule has 10 aromatic heterocycles. The number of benzene rings is 15. The highest BCUT2D eigenvalue weighted by Crippen LogP contribution is 2.42. The highest BCUT2D eigenvalue weighted by atomic mass is 15.0. The van der Waals surface area contributed by atoms with Crippen LogP contribution < -0.4 is 0 Å². The van der Waals surface area contributed by atoms with Crippen molar-refractivity contribution in [1.29, 1.82) is 52.6 Å². The molecule has 15 aromatic carbocycles. The van der Waals surface area contributed by atoms with Crippen LogP contribution >= 0.6 is 0 Å². The Labute approximate surface area is 830 Å². The van der Waals surface area contributed by atoms with Crippen molar-refractivity contribution in [3.05, 3.63) is 482 Å². The summed E-state index contributed by atoms with van der Waals surface area (Å²) in [5.41, 5.74) is 30.8. The lowest BCUT2D eigenvalue weighted by Gasteiger charge is -2.11. The quantitative estimate of drug-likeness (QED) is 0.123. The number of pyridine rings is 5. The lowest BCUT2D eigenvalue weighted by molar-refractivity contribution is 1.18. The van der Waals surface area contributed by atoms with Crippen LogP contribution in [0.25, 0.3) is 193 Å². The highest BCUT2D eigenvalue weighted by molar-refractivity contribution is 6.14. The summed E-state index contributed by atoms with van der Waals surface area (Å²) >= 11 is 0. The zero-order valence-electron chi connectivity index (χ0n) is 76.9. The van der Waals surface area contributed by atoms with E-state index in [0.29, 0.717) is 55.9 Å². The molecule has 0 aliphatic rings. The van der Waals surface area contributed by atoms with Crippen LogP contribution in [0, 0.1) is 113 Å². The van der Waals surface area contributed by atoms with E-state index in [9.17, 15) is 42.1 Å². The third kappa shape index (κ3) is 17.1. The van der Waals surface area contributed by atoms with Crippen LogP contribution in [0.5, 0.6) is 0 Å². The van der Waals surface area contributed by atoms with E-state index in [1.807, 2.05) is 237 Å². The third-order valence-electron chi connectivity index (χ3n) is 25.7. The van der Waals surface area contributed by atoms with Gasteiger partial charge in [0.15, 0.2) is 0 Å². The van der Waals surface area contributed by atoms with Gasteiger partial charge < -0.3 is 22.8 Å². The van der Waals surface area contributed by atoms with Crippen LogP contribution in [-0.2, 0) is 0 Å². The van der Waals surface area contributed by atoms with Gasteiger partial charge in [-0.05, 0) is 258 Å². The molecule has 0 saturated carbocycles. The number of hydrogen-bond donors (Lipinski definition) is 0. The molecule has 25 rings (SSSR count). The molecule has 25 aromatic rings. The minimum Gasteiger partial charge on any atom is -0.309 e. The van der Waals surface area contributed by atoms with Gasteiger partial charge >= 0.3 is 0 Å². The maximum atomic E-state index is 9.46. The summed E-state index contributed by atoms with van der Waals surface area (Å²) in [5, 5.41) is 104. The van der Waals surface area contributed by atoms with Crippen molar-refractivity contribution in [3.8, 4) is 145 Å². The van der Waals surface area contributed by atoms with Gasteiger partial charge in [0.25, 0.3) is 0 Å². The molecule has 0 amide bonds. The molecule has 0 radical (unpaired) electrons. The fourth-order valence-corrected chi connectivity index (χ4v) is 19.1. The molecule has 0 aliphatic carbocycles. The van der Waals surface area contributed by atoms with Gasteiger partial charge in [0.05, 0.1) is 136 Å². The first-order chi connectivity index (χ1) is 71.4. The number of fused-ring (bicyclic) bond motifs is 15. The van der Waals surface area contributed by atoms with Crippen LogP contribution in [0.15, 0.2) is 426 Å². The molecule has 145 heavy (non-hydrogen) atoms. The molecule has 0 atom stereocenters. The second-order valence-corrected chi connectivity index (χ2v) is 34.0. The fourth-order valence-electron chi connectivity index (χ4n) is 19.1. The first kappa shape index (κ1) is 89.5. The van der Waals surface area contributed by atoms with E-state index < -0.39 is 0 Å². The van der Waals surface area contributed by atoms with Crippen molar-refractivity contribution in [2.75, 3.05) is 0 Å². The van der Waals surface area contributed by atoms with Crippen molar-refractivity contribution in [3.63, 3.8) is 0 Å². The van der Waals surface area contributed by atoms with Gasteiger partial charge in [-0.25, -0.2) is 9.97 Å². The largest absolute Gasteiger partial charge is 0.309 e. The molecule has 0 aliphatic heterocycles. The number of para-hydroxylation sites is 5. The normalized spacial score (nSPS) is 10.7. The summed E-state index contributed by atoms with van der Waals surface area (Å²) in [6, 6.07) is 146. The molecule has 0 unspecified atom stereocenters. The second-order valence-electron chi connectivity index (χ2n) is 34.0. The standard InChI is InChI=1S/5C25H14N4/c26-14-17-8-11-25-23(12-17)22-6-1-2-7-24(22)29(25)21-5-3-4-18(13-21)19-9-10-20(15-27)28-16-19;26-13-17-8-9-25-23(11-17)22-6-1-2-7-24(22)29(25)21-5-3-4-19(12-21)20-10-18(14-27)15-28-16-20;26-15-17-8-9-25-23(12-17)22-6-1-2-7-24(22)29(25)21-5-3-4-18(14-21)19-10-11-28-20(13-19)16-27;26-14-17-8-9-25-23(12-17)22-6-1-2-7-24(22)29(25)20-5-3-4-18(13-20)21-10-11-28-16-19(21)15-27;26-14-17-8-9-25-22(12-17)21-6-1-2-7-24(21)29(25)20-5-3-4-18(13-20)23-16-28-11-10-19(23)15-27/h1-13,16H;1-12,15-16H;1-14H;2*1-13,16H. The predicted octanol–water partition coefficient (Wildman–Crippen LogP) is 27.9. The maximum absolute atomic E-state index is 9.46. The van der Waals surface area contributed by atoms with Gasteiger partial charge in [-0.15, -0.1) is 0 Å². The Morgan fingerprint density at radius 1 is 0.166 bits per heavy atom. The Bertz CT molecular complexity index is 9570. The number of nitrogens with zero attached hydrogens (tertiary/aromatic N) is 20. The Balaban J connectivity index is 0.000000107. The molecule has 0 bridgehead atoms. The Kier molecular flexibility index (Phi) is 24.3. The lowest BCUT2D eigenvalue weighted by Crippen LogP contribution is -1.95. The lowest BCUT2D eigenvalue weighted by atomic mass is 10.0. The van der Waals surface area contributed by atoms with Crippen LogP contribution in [0.2, 0.25) is 0 Å². The second kappa shape index (κ2) is 39.3. The summed E-state index contributed by atoms with van der Waals surface area (Å²) in [7, 11) is 0. The van der Waals surface area contributed by atoms with Gasteiger partial charge in [-0.2, -0.15) is 52.6 Å². The summed E-state index contributed by atoms with van der Waals surface area (Å²) in [5.74, 6) is 0. The van der Waals surface area contributed by atoms with Crippen LogP contribution in [-0.4, -0.2) is 47.8 Å². The minimum absolute atomic E-state index is 0.397. The van der Waals surface area contributed by atoms with E-state index in [1.165, 1.54) is 0 Å². The Morgan fingerprint density at radius 2 is 0.497 bits per heavy atom. The first-order valence-corrected chi connectivity index (χ1v) is 45.9. The van der Waals surface area contributed by atoms with E-state index in [0.717, 1.165) is 193 Å². The van der Waals surface area contributed by atoms with Gasteiger partial charge in [0.1, 0.15) is 35.7 Å². The average molecular weight is 1850 g/mol. The molecular formula is C125H70N20. The molecule has 0 fully saturated rings. The summed E-state index contributed by atoms with van der Waals surface area (Å²) < 4.78 is 11.0. The van der Waals surface area contributed by atoms with E-state index in [4.69, 9.17) is 10.5 Å². The number of aromatic nitrogens is 10. The maximum Gasteiger partial charge on any atom is 0.141 e. The monoisotopic (exact) mass is 1850 g/mol. The van der Waals surface area contributed by atoms with Crippen molar-refractivity contribution in [1.82, 2.24) is 47.8 Å². The smallest absolute Gasteiger partial charge is 0.141 e.